The van der Waals surface area contributed by atoms with Crippen LogP contribution in [-0.2, 0) is 20.8 Å². The van der Waals surface area contributed by atoms with Gasteiger partial charge in [0.1, 0.15) is 0 Å². The number of rotatable bonds is 3. The van der Waals surface area contributed by atoms with Crippen LogP contribution >= 0.6 is 11.8 Å². The molecule has 1 aromatic carbocycles. The Morgan fingerprint density at radius 3 is 2.78 bits per heavy atom. The zero-order chi connectivity index (χ0) is 16.6. The van der Waals surface area contributed by atoms with Gasteiger partial charge in [0.15, 0.2) is 5.12 Å². The van der Waals surface area contributed by atoms with Gasteiger partial charge >= 0.3 is 0 Å². The lowest BCUT2D eigenvalue weighted by Crippen LogP contribution is -2.27. The molecule has 0 bridgehead atoms. The third kappa shape index (κ3) is 3.27. The van der Waals surface area contributed by atoms with Crippen molar-refractivity contribution in [3.8, 4) is 0 Å². The SMILES string of the molecule is CC(=O)SCC1CC(=O)N(c2ccc3c(c2)N(C(C)=O)CC3)C1. The fourth-order valence-electron chi connectivity index (χ4n) is 3.24. The van der Waals surface area contributed by atoms with Gasteiger partial charge in [-0.25, -0.2) is 0 Å². The molecule has 0 radical (unpaired) electrons. The molecule has 0 aliphatic carbocycles. The molecule has 1 unspecified atom stereocenters. The average molecular weight is 332 g/mol. The van der Waals surface area contributed by atoms with Crippen molar-refractivity contribution in [1.82, 2.24) is 0 Å². The Bertz CT molecular complexity index is 674. The molecule has 6 heteroatoms. The monoisotopic (exact) mass is 332 g/mol. The quantitative estimate of drug-likeness (QED) is 0.852. The minimum absolute atomic E-state index is 0.0318. The summed E-state index contributed by atoms with van der Waals surface area (Å²) in [5, 5.41) is 0.0885. The topological polar surface area (TPSA) is 57.7 Å². The highest BCUT2D eigenvalue weighted by molar-refractivity contribution is 8.13. The van der Waals surface area contributed by atoms with E-state index in [0.717, 1.165) is 23.4 Å². The van der Waals surface area contributed by atoms with Crippen LogP contribution < -0.4 is 9.80 Å². The second-order valence-corrected chi connectivity index (χ2v) is 7.31. The van der Waals surface area contributed by atoms with Gasteiger partial charge in [0, 0.05) is 50.5 Å². The second-order valence-electron chi connectivity index (χ2n) is 6.11. The summed E-state index contributed by atoms with van der Waals surface area (Å²) in [4.78, 5) is 38.6. The summed E-state index contributed by atoms with van der Waals surface area (Å²) in [7, 11) is 0. The highest BCUT2D eigenvalue weighted by Crippen LogP contribution is 2.35. The fraction of sp³-hybridized carbons (Fsp3) is 0.471. The van der Waals surface area contributed by atoms with E-state index in [1.54, 1.807) is 23.6 Å². The van der Waals surface area contributed by atoms with Crippen molar-refractivity contribution < 1.29 is 14.4 Å². The largest absolute Gasteiger partial charge is 0.312 e. The molecule has 1 aromatic rings. The summed E-state index contributed by atoms with van der Waals surface area (Å²) >= 11 is 1.28. The molecule has 1 saturated heterocycles. The summed E-state index contributed by atoms with van der Waals surface area (Å²) in [5.41, 5.74) is 2.92. The number of amides is 2. The molecule has 2 amide bonds. The van der Waals surface area contributed by atoms with Crippen molar-refractivity contribution in [1.29, 1.82) is 0 Å². The lowest BCUT2D eigenvalue weighted by molar-refractivity contribution is -0.117. The number of carbonyl (C=O) groups excluding carboxylic acids is 3. The van der Waals surface area contributed by atoms with Crippen LogP contribution in [0.5, 0.6) is 0 Å². The molecule has 1 atom stereocenters. The van der Waals surface area contributed by atoms with E-state index in [9.17, 15) is 14.4 Å². The number of anilines is 2. The third-order valence-corrected chi connectivity index (χ3v) is 5.43. The maximum atomic E-state index is 12.3. The van der Waals surface area contributed by atoms with Crippen LogP contribution in [0.15, 0.2) is 18.2 Å². The molecule has 0 N–H and O–H groups in total. The average Bonchev–Trinajstić information content (AvgIpc) is 3.07. The van der Waals surface area contributed by atoms with Crippen molar-refractivity contribution >= 4 is 40.1 Å². The highest BCUT2D eigenvalue weighted by atomic mass is 32.2. The molecule has 0 spiro atoms. The summed E-state index contributed by atoms with van der Waals surface area (Å²) in [6, 6.07) is 5.92. The standard InChI is InChI=1S/C17H20N2O3S/c1-11(20)18-6-5-14-3-4-15(8-16(14)18)19-9-13(7-17(19)22)10-23-12(2)21/h3-4,8,13H,5-7,9-10H2,1-2H3. The molecule has 0 aromatic heterocycles. The number of fused-ring (bicyclic) bond motifs is 1. The Hall–Kier alpha value is -1.82. The van der Waals surface area contributed by atoms with Crippen molar-refractivity contribution in [3.63, 3.8) is 0 Å². The van der Waals surface area contributed by atoms with Gasteiger partial charge in [0.2, 0.25) is 11.8 Å². The van der Waals surface area contributed by atoms with Crippen LogP contribution in [-0.4, -0.2) is 35.8 Å². The first-order valence-corrected chi connectivity index (χ1v) is 8.79. The van der Waals surface area contributed by atoms with Gasteiger partial charge in [-0.1, -0.05) is 17.8 Å². The van der Waals surface area contributed by atoms with E-state index in [2.05, 4.69) is 0 Å². The molecule has 2 aliphatic rings. The first-order chi connectivity index (χ1) is 11.0. The zero-order valence-electron chi connectivity index (χ0n) is 13.4. The van der Waals surface area contributed by atoms with Gasteiger partial charge in [0.05, 0.1) is 0 Å². The van der Waals surface area contributed by atoms with Gasteiger partial charge in [0.25, 0.3) is 0 Å². The van der Waals surface area contributed by atoms with Crippen LogP contribution in [0.3, 0.4) is 0 Å². The first kappa shape index (κ1) is 16.1. The molecule has 5 nitrogen and oxygen atoms in total. The normalized spacial score (nSPS) is 20.1. The van der Waals surface area contributed by atoms with E-state index in [-0.39, 0.29) is 22.8 Å². The summed E-state index contributed by atoms with van der Waals surface area (Å²) in [6.07, 6.45) is 1.34. The predicted molar refractivity (Wildman–Crippen MR) is 91.8 cm³/mol. The van der Waals surface area contributed by atoms with E-state index >= 15 is 0 Å². The molecular formula is C17H20N2O3S. The molecule has 3 rings (SSSR count). The highest BCUT2D eigenvalue weighted by Gasteiger charge is 2.32. The van der Waals surface area contributed by atoms with Crippen LogP contribution in [0.25, 0.3) is 0 Å². The van der Waals surface area contributed by atoms with E-state index in [0.29, 0.717) is 25.3 Å². The van der Waals surface area contributed by atoms with Crippen molar-refractivity contribution in [2.24, 2.45) is 5.92 Å². The maximum Gasteiger partial charge on any atom is 0.227 e. The molecular weight excluding hydrogens is 312 g/mol. The lowest BCUT2D eigenvalue weighted by atomic mass is 10.1. The number of thioether (sulfide) groups is 1. The molecule has 0 saturated carbocycles. The predicted octanol–water partition coefficient (Wildman–Crippen LogP) is 2.23. The third-order valence-electron chi connectivity index (χ3n) is 4.38. The summed E-state index contributed by atoms with van der Waals surface area (Å²) in [5.74, 6) is 1.01. The van der Waals surface area contributed by atoms with Gasteiger partial charge < -0.3 is 9.80 Å². The van der Waals surface area contributed by atoms with Crippen LogP contribution in [0.4, 0.5) is 11.4 Å². The molecule has 23 heavy (non-hydrogen) atoms. The Kier molecular flexibility index (Phi) is 4.43. The molecule has 1 fully saturated rings. The van der Waals surface area contributed by atoms with Crippen LogP contribution in [0, 0.1) is 5.92 Å². The number of benzene rings is 1. The fourth-order valence-corrected chi connectivity index (χ4v) is 3.93. The van der Waals surface area contributed by atoms with E-state index in [1.165, 1.54) is 11.8 Å². The first-order valence-electron chi connectivity index (χ1n) is 7.80. The van der Waals surface area contributed by atoms with Gasteiger partial charge in [-0.15, -0.1) is 0 Å². The van der Waals surface area contributed by atoms with Crippen molar-refractivity contribution in [3.05, 3.63) is 23.8 Å². The van der Waals surface area contributed by atoms with Gasteiger partial charge in [-0.3, -0.25) is 14.4 Å². The van der Waals surface area contributed by atoms with Crippen molar-refractivity contribution in [2.45, 2.75) is 26.7 Å². The number of carbonyl (C=O) groups is 3. The lowest BCUT2D eigenvalue weighted by Gasteiger charge is -2.20. The minimum atomic E-state index is 0.0318. The van der Waals surface area contributed by atoms with E-state index in [4.69, 9.17) is 0 Å². The van der Waals surface area contributed by atoms with Gasteiger partial charge in [-0.05, 0) is 30.0 Å². The Labute approximate surface area is 140 Å². The number of hydrogen-bond acceptors (Lipinski definition) is 4. The molecule has 2 heterocycles. The zero-order valence-corrected chi connectivity index (χ0v) is 14.2. The summed E-state index contributed by atoms with van der Waals surface area (Å²) in [6.45, 7) is 4.46. The van der Waals surface area contributed by atoms with E-state index in [1.807, 2.05) is 18.2 Å². The Balaban J connectivity index is 1.77. The van der Waals surface area contributed by atoms with Crippen LogP contribution in [0.1, 0.15) is 25.8 Å². The molecule has 122 valence electrons. The Morgan fingerprint density at radius 2 is 2.09 bits per heavy atom. The smallest absolute Gasteiger partial charge is 0.227 e. The maximum absolute atomic E-state index is 12.3. The number of hydrogen-bond donors (Lipinski definition) is 0. The Morgan fingerprint density at radius 1 is 1.30 bits per heavy atom. The van der Waals surface area contributed by atoms with E-state index < -0.39 is 0 Å². The van der Waals surface area contributed by atoms with Crippen molar-refractivity contribution in [2.75, 3.05) is 28.6 Å². The summed E-state index contributed by atoms with van der Waals surface area (Å²) < 4.78 is 0. The number of nitrogens with zero attached hydrogens (tertiary/aromatic N) is 2. The van der Waals surface area contributed by atoms with Crippen LogP contribution in [0.2, 0.25) is 0 Å². The minimum Gasteiger partial charge on any atom is -0.312 e. The van der Waals surface area contributed by atoms with Gasteiger partial charge in [-0.2, -0.15) is 0 Å². The molecule has 2 aliphatic heterocycles. The second kappa shape index (κ2) is 6.35.